The van der Waals surface area contributed by atoms with E-state index in [9.17, 15) is 9.90 Å². The summed E-state index contributed by atoms with van der Waals surface area (Å²) < 4.78 is 0. The van der Waals surface area contributed by atoms with Crippen molar-refractivity contribution in [1.82, 2.24) is 4.90 Å². The third kappa shape index (κ3) is 2.38. The van der Waals surface area contributed by atoms with E-state index in [2.05, 4.69) is 11.4 Å². The van der Waals surface area contributed by atoms with E-state index in [0.717, 1.165) is 0 Å². The first-order chi connectivity index (χ1) is 7.94. The zero-order valence-corrected chi connectivity index (χ0v) is 11.3. The SMILES string of the molecule is CN(C(c1cccs1)C1CC1)C(C)(C)C(=O)O. The fourth-order valence-corrected chi connectivity index (χ4v) is 3.07. The Morgan fingerprint density at radius 1 is 1.59 bits per heavy atom. The Morgan fingerprint density at radius 3 is 2.65 bits per heavy atom. The molecule has 94 valence electrons. The van der Waals surface area contributed by atoms with Crippen molar-refractivity contribution in [3.63, 3.8) is 0 Å². The lowest BCUT2D eigenvalue weighted by molar-refractivity contribution is -0.150. The molecule has 1 aliphatic carbocycles. The first-order valence-corrected chi connectivity index (χ1v) is 6.82. The molecule has 1 N–H and O–H groups in total. The summed E-state index contributed by atoms with van der Waals surface area (Å²) in [7, 11) is 1.93. The molecule has 0 aliphatic heterocycles. The van der Waals surface area contributed by atoms with Crippen LogP contribution in [0, 0.1) is 5.92 Å². The highest BCUT2D eigenvalue weighted by Crippen LogP contribution is 2.47. The van der Waals surface area contributed by atoms with Gasteiger partial charge in [-0.05, 0) is 51.1 Å². The Balaban J connectivity index is 2.25. The van der Waals surface area contributed by atoms with Crippen molar-refractivity contribution in [2.75, 3.05) is 7.05 Å². The fraction of sp³-hybridized carbons (Fsp3) is 0.615. The summed E-state index contributed by atoms with van der Waals surface area (Å²) in [6.45, 7) is 3.55. The van der Waals surface area contributed by atoms with Gasteiger partial charge in [-0.1, -0.05) is 6.07 Å². The van der Waals surface area contributed by atoms with Crippen LogP contribution in [0.1, 0.15) is 37.6 Å². The van der Waals surface area contributed by atoms with Gasteiger partial charge in [0.2, 0.25) is 0 Å². The molecule has 1 atom stereocenters. The first kappa shape index (κ1) is 12.6. The molecule has 1 aromatic heterocycles. The monoisotopic (exact) mass is 253 g/mol. The van der Waals surface area contributed by atoms with Gasteiger partial charge in [-0.25, -0.2) is 0 Å². The summed E-state index contributed by atoms with van der Waals surface area (Å²) in [4.78, 5) is 14.6. The highest BCUT2D eigenvalue weighted by Gasteiger charge is 2.43. The number of carboxylic acid groups (broad SMARTS) is 1. The average molecular weight is 253 g/mol. The summed E-state index contributed by atoms with van der Waals surface area (Å²) in [6.07, 6.45) is 2.42. The summed E-state index contributed by atoms with van der Waals surface area (Å²) in [6, 6.07) is 4.40. The number of hydrogen-bond donors (Lipinski definition) is 1. The minimum Gasteiger partial charge on any atom is -0.480 e. The van der Waals surface area contributed by atoms with Gasteiger partial charge in [0.1, 0.15) is 5.54 Å². The van der Waals surface area contributed by atoms with Gasteiger partial charge >= 0.3 is 5.97 Å². The second kappa shape index (κ2) is 4.42. The van der Waals surface area contributed by atoms with Crippen LogP contribution >= 0.6 is 11.3 Å². The number of carbonyl (C=O) groups is 1. The standard InChI is InChI=1S/C13H19NO2S/c1-13(2,12(15)16)14(3)11(9-6-7-9)10-5-4-8-17-10/h4-5,8-9,11H,6-7H2,1-3H3,(H,15,16). The number of nitrogens with zero attached hydrogens (tertiary/aromatic N) is 1. The van der Waals surface area contributed by atoms with Crippen LogP contribution in [-0.4, -0.2) is 28.6 Å². The number of likely N-dealkylation sites (N-methyl/N-ethyl adjacent to an activating group) is 1. The second-order valence-electron chi connectivity index (χ2n) is 5.27. The van der Waals surface area contributed by atoms with Crippen LogP contribution < -0.4 is 0 Å². The van der Waals surface area contributed by atoms with E-state index >= 15 is 0 Å². The van der Waals surface area contributed by atoms with Gasteiger partial charge in [-0.2, -0.15) is 0 Å². The molecule has 0 amide bonds. The summed E-state index contributed by atoms with van der Waals surface area (Å²) in [5.41, 5.74) is -0.822. The van der Waals surface area contributed by atoms with Gasteiger partial charge in [-0.15, -0.1) is 11.3 Å². The lowest BCUT2D eigenvalue weighted by Crippen LogP contribution is -2.49. The maximum atomic E-state index is 11.3. The molecular weight excluding hydrogens is 234 g/mol. The van der Waals surface area contributed by atoms with Crippen LogP contribution in [0.2, 0.25) is 0 Å². The van der Waals surface area contributed by atoms with Crippen molar-refractivity contribution in [1.29, 1.82) is 0 Å². The van der Waals surface area contributed by atoms with E-state index in [-0.39, 0.29) is 6.04 Å². The van der Waals surface area contributed by atoms with Crippen LogP contribution in [0.5, 0.6) is 0 Å². The van der Waals surface area contributed by atoms with Crippen molar-refractivity contribution < 1.29 is 9.90 Å². The van der Waals surface area contributed by atoms with E-state index < -0.39 is 11.5 Å². The van der Waals surface area contributed by atoms with Gasteiger partial charge in [-0.3, -0.25) is 9.69 Å². The molecule has 4 heteroatoms. The van der Waals surface area contributed by atoms with Gasteiger partial charge in [0.15, 0.2) is 0 Å². The third-order valence-electron chi connectivity index (χ3n) is 3.73. The number of thiophene rings is 1. The minimum absolute atomic E-state index is 0.251. The Kier molecular flexibility index (Phi) is 3.27. The number of carboxylic acids is 1. The smallest absolute Gasteiger partial charge is 0.323 e. The van der Waals surface area contributed by atoms with Crippen molar-refractivity contribution in [2.45, 2.75) is 38.3 Å². The number of hydrogen-bond acceptors (Lipinski definition) is 3. The lowest BCUT2D eigenvalue weighted by atomic mass is 9.98. The highest BCUT2D eigenvalue weighted by molar-refractivity contribution is 7.10. The fourth-order valence-electron chi connectivity index (χ4n) is 2.11. The van der Waals surface area contributed by atoms with Gasteiger partial charge in [0, 0.05) is 10.9 Å². The van der Waals surface area contributed by atoms with Gasteiger partial charge < -0.3 is 5.11 Å². The van der Waals surface area contributed by atoms with Crippen LogP contribution in [-0.2, 0) is 4.79 Å². The molecule has 0 bridgehead atoms. The molecule has 0 radical (unpaired) electrons. The molecule has 2 rings (SSSR count). The molecule has 0 spiro atoms. The third-order valence-corrected chi connectivity index (χ3v) is 4.67. The zero-order valence-electron chi connectivity index (χ0n) is 10.5. The Hall–Kier alpha value is -0.870. The lowest BCUT2D eigenvalue weighted by Gasteiger charge is -2.38. The van der Waals surface area contributed by atoms with E-state index in [0.29, 0.717) is 5.92 Å². The molecule has 3 nitrogen and oxygen atoms in total. The zero-order chi connectivity index (χ0) is 12.6. The topological polar surface area (TPSA) is 40.5 Å². The first-order valence-electron chi connectivity index (χ1n) is 5.94. The Bertz CT molecular complexity index is 396. The molecule has 0 saturated heterocycles. The second-order valence-corrected chi connectivity index (χ2v) is 6.25. The molecular formula is C13H19NO2S. The molecule has 1 aromatic rings. The van der Waals surface area contributed by atoms with Crippen LogP contribution in [0.15, 0.2) is 17.5 Å². The van der Waals surface area contributed by atoms with Crippen molar-refractivity contribution in [2.24, 2.45) is 5.92 Å². The molecule has 1 aliphatic rings. The van der Waals surface area contributed by atoms with Gasteiger partial charge in [0.05, 0.1) is 0 Å². The largest absolute Gasteiger partial charge is 0.480 e. The van der Waals surface area contributed by atoms with E-state index in [1.165, 1.54) is 17.7 Å². The number of aliphatic carboxylic acids is 1. The maximum Gasteiger partial charge on any atom is 0.323 e. The minimum atomic E-state index is -0.822. The predicted octanol–water partition coefficient (Wildman–Crippen LogP) is 2.99. The highest BCUT2D eigenvalue weighted by atomic mass is 32.1. The van der Waals surface area contributed by atoms with Crippen LogP contribution in [0.4, 0.5) is 0 Å². The summed E-state index contributed by atoms with van der Waals surface area (Å²) >= 11 is 1.72. The Labute approximate surface area is 106 Å². The van der Waals surface area contributed by atoms with E-state index in [1.807, 2.05) is 18.0 Å². The normalized spacial score (nSPS) is 18.4. The van der Waals surface area contributed by atoms with Crippen molar-refractivity contribution in [3.05, 3.63) is 22.4 Å². The summed E-state index contributed by atoms with van der Waals surface area (Å²) in [5, 5.41) is 11.4. The molecule has 1 fully saturated rings. The average Bonchev–Trinajstić information content (AvgIpc) is 2.93. The maximum absolute atomic E-state index is 11.3. The quantitative estimate of drug-likeness (QED) is 0.877. The van der Waals surface area contributed by atoms with E-state index in [1.54, 1.807) is 25.2 Å². The molecule has 1 heterocycles. The molecule has 17 heavy (non-hydrogen) atoms. The molecule has 1 saturated carbocycles. The predicted molar refractivity (Wildman–Crippen MR) is 69.3 cm³/mol. The van der Waals surface area contributed by atoms with Crippen molar-refractivity contribution in [3.8, 4) is 0 Å². The molecule has 0 aromatic carbocycles. The van der Waals surface area contributed by atoms with Crippen LogP contribution in [0.25, 0.3) is 0 Å². The van der Waals surface area contributed by atoms with Crippen LogP contribution in [0.3, 0.4) is 0 Å². The molecule has 1 unspecified atom stereocenters. The summed E-state index contributed by atoms with van der Waals surface area (Å²) in [5.74, 6) is -0.139. The van der Waals surface area contributed by atoms with Crippen molar-refractivity contribution >= 4 is 17.3 Å². The Morgan fingerprint density at radius 2 is 2.24 bits per heavy atom. The number of rotatable bonds is 5. The van der Waals surface area contributed by atoms with E-state index in [4.69, 9.17) is 0 Å². The van der Waals surface area contributed by atoms with Gasteiger partial charge in [0.25, 0.3) is 0 Å².